The molecule has 0 fully saturated rings. The van der Waals surface area contributed by atoms with Crippen LogP contribution in [0.2, 0.25) is 5.02 Å². The van der Waals surface area contributed by atoms with Crippen molar-refractivity contribution in [2.75, 3.05) is 0 Å². The number of hydrogen-bond acceptors (Lipinski definition) is 1. The Bertz CT molecular complexity index is 699. The third kappa shape index (κ3) is 1.87. The van der Waals surface area contributed by atoms with Crippen molar-refractivity contribution >= 4 is 22.5 Å². The minimum absolute atomic E-state index is 0.790. The number of fused-ring (bicyclic) bond motifs is 1. The van der Waals surface area contributed by atoms with Crippen LogP contribution in [0.25, 0.3) is 22.0 Å². The summed E-state index contributed by atoms with van der Waals surface area (Å²) in [5.41, 5.74) is 4.43. The van der Waals surface area contributed by atoms with Gasteiger partial charge in [0.05, 0.1) is 5.52 Å². The number of hydrogen-bond donors (Lipinski definition) is 0. The van der Waals surface area contributed by atoms with Gasteiger partial charge in [-0.15, -0.1) is 0 Å². The maximum Gasteiger partial charge on any atom is 0.0702 e. The summed E-state index contributed by atoms with van der Waals surface area (Å²) >= 11 is 6.30. The van der Waals surface area contributed by atoms with Crippen LogP contribution in [0.5, 0.6) is 0 Å². The first-order chi connectivity index (χ1) is 8.75. The average molecular weight is 254 g/mol. The molecular weight excluding hydrogens is 242 g/mol. The lowest BCUT2D eigenvalue weighted by molar-refractivity contribution is 1.41. The molecule has 18 heavy (non-hydrogen) atoms. The molecule has 0 aliphatic rings. The van der Waals surface area contributed by atoms with E-state index in [9.17, 15) is 0 Å². The highest BCUT2D eigenvalue weighted by molar-refractivity contribution is 6.33. The summed E-state index contributed by atoms with van der Waals surface area (Å²) in [5, 5.41) is 1.92. The van der Waals surface area contributed by atoms with Gasteiger partial charge in [-0.1, -0.05) is 35.9 Å². The highest BCUT2D eigenvalue weighted by Crippen LogP contribution is 2.32. The van der Waals surface area contributed by atoms with Crippen molar-refractivity contribution in [1.29, 1.82) is 0 Å². The Morgan fingerprint density at radius 3 is 2.72 bits per heavy atom. The van der Waals surface area contributed by atoms with Gasteiger partial charge in [0, 0.05) is 22.2 Å². The number of halogens is 1. The van der Waals surface area contributed by atoms with Crippen LogP contribution in [0.15, 0.2) is 54.7 Å². The molecule has 0 bridgehead atoms. The summed E-state index contributed by atoms with van der Waals surface area (Å²) in [4.78, 5) is 4.33. The van der Waals surface area contributed by atoms with Gasteiger partial charge in [0.2, 0.25) is 0 Å². The molecule has 0 radical (unpaired) electrons. The molecule has 0 amide bonds. The van der Waals surface area contributed by atoms with E-state index in [1.807, 2.05) is 30.5 Å². The van der Waals surface area contributed by atoms with E-state index in [0.717, 1.165) is 27.1 Å². The zero-order valence-electron chi connectivity index (χ0n) is 10.0. The van der Waals surface area contributed by atoms with E-state index in [-0.39, 0.29) is 0 Å². The quantitative estimate of drug-likeness (QED) is 0.603. The first kappa shape index (κ1) is 11.2. The number of rotatable bonds is 1. The van der Waals surface area contributed by atoms with Crippen molar-refractivity contribution < 1.29 is 0 Å². The van der Waals surface area contributed by atoms with E-state index in [4.69, 9.17) is 11.6 Å². The third-order valence-corrected chi connectivity index (χ3v) is 3.43. The maximum atomic E-state index is 6.30. The van der Waals surface area contributed by atoms with Crippen LogP contribution in [0.1, 0.15) is 5.56 Å². The van der Waals surface area contributed by atoms with Gasteiger partial charge in [-0.05, 0) is 42.3 Å². The summed E-state index contributed by atoms with van der Waals surface area (Å²) in [5.74, 6) is 0. The SMILES string of the molecule is Cc1cccc(Cl)c1-c1ccc2ncccc2c1. The molecule has 2 aromatic carbocycles. The molecule has 0 spiro atoms. The topological polar surface area (TPSA) is 12.9 Å². The predicted molar refractivity (Wildman–Crippen MR) is 76.9 cm³/mol. The molecule has 2 heteroatoms. The Labute approximate surface area is 111 Å². The molecule has 0 atom stereocenters. The zero-order valence-corrected chi connectivity index (χ0v) is 10.8. The molecule has 1 heterocycles. The van der Waals surface area contributed by atoms with E-state index >= 15 is 0 Å². The minimum atomic E-state index is 0.790. The highest BCUT2D eigenvalue weighted by Gasteiger charge is 2.07. The first-order valence-corrected chi connectivity index (χ1v) is 6.24. The Hall–Kier alpha value is -1.86. The number of aromatic nitrogens is 1. The third-order valence-electron chi connectivity index (χ3n) is 3.11. The molecule has 3 aromatic rings. The van der Waals surface area contributed by atoms with Crippen molar-refractivity contribution in [2.24, 2.45) is 0 Å². The Morgan fingerprint density at radius 2 is 1.89 bits per heavy atom. The van der Waals surface area contributed by atoms with E-state index in [1.54, 1.807) is 0 Å². The second-order valence-corrected chi connectivity index (χ2v) is 4.75. The molecule has 1 aromatic heterocycles. The lowest BCUT2D eigenvalue weighted by Gasteiger charge is -2.09. The molecule has 0 saturated carbocycles. The Balaban J connectivity index is 2.26. The van der Waals surface area contributed by atoms with E-state index in [2.05, 4.69) is 36.2 Å². The van der Waals surface area contributed by atoms with E-state index in [0.29, 0.717) is 0 Å². The molecule has 0 saturated heterocycles. The van der Waals surface area contributed by atoms with Crippen molar-refractivity contribution in [3.63, 3.8) is 0 Å². The molecule has 1 nitrogen and oxygen atoms in total. The largest absolute Gasteiger partial charge is 0.256 e. The normalized spacial score (nSPS) is 10.8. The summed E-state index contributed by atoms with van der Waals surface area (Å²) < 4.78 is 0. The van der Waals surface area contributed by atoms with E-state index < -0.39 is 0 Å². The number of benzene rings is 2. The highest BCUT2D eigenvalue weighted by atomic mass is 35.5. The Morgan fingerprint density at radius 1 is 1.00 bits per heavy atom. The fourth-order valence-corrected chi connectivity index (χ4v) is 2.56. The van der Waals surface area contributed by atoms with Gasteiger partial charge in [0.25, 0.3) is 0 Å². The van der Waals surface area contributed by atoms with Crippen LogP contribution in [-0.4, -0.2) is 4.98 Å². The van der Waals surface area contributed by atoms with Crippen LogP contribution >= 0.6 is 11.6 Å². The van der Waals surface area contributed by atoms with Gasteiger partial charge in [0.15, 0.2) is 0 Å². The zero-order chi connectivity index (χ0) is 12.5. The first-order valence-electron chi connectivity index (χ1n) is 5.86. The average Bonchev–Trinajstić information content (AvgIpc) is 2.38. The van der Waals surface area contributed by atoms with Crippen molar-refractivity contribution in [3.05, 3.63) is 65.3 Å². The van der Waals surface area contributed by atoms with Crippen molar-refractivity contribution in [1.82, 2.24) is 4.98 Å². The molecule has 0 aliphatic heterocycles. The summed E-state index contributed by atoms with van der Waals surface area (Å²) in [6.45, 7) is 2.08. The van der Waals surface area contributed by atoms with Crippen molar-refractivity contribution in [2.45, 2.75) is 6.92 Å². The summed E-state index contributed by atoms with van der Waals surface area (Å²) in [6.07, 6.45) is 1.81. The van der Waals surface area contributed by atoms with Gasteiger partial charge in [-0.25, -0.2) is 0 Å². The second kappa shape index (κ2) is 4.43. The van der Waals surface area contributed by atoms with Crippen LogP contribution in [0.3, 0.4) is 0 Å². The van der Waals surface area contributed by atoms with Gasteiger partial charge in [-0.2, -0.15) is 0 Å². The molecule has 0 N–H and O–H groups in total. The lowest BCUT2D eigenvalue weighted by atomic mass is 9.99. The fraction of sp³-hybridized carbons (Fsp3) is 0.0625. The van der Waals surface area contributed by atoms with Gasteiger partial charge in [-0.3, -0.25) is 4.98 Å². The monoisotopic (exact) mass is 253 g/mol. The lowest BCUT2D eigenvalue weighted by Crippen LogP contribution is -1.86. The maximum absolute atomic E-state index is 6.30. The Kier molecular flexibility index (Phi) is 2.77. The smallest absolute Gasteiger partial charge is 0.0702 e. The summed E-state index contributed by atoms with van der Waals surface area (Å²) in [7, 11) is 0. The van der Waals surface area contributed by atoms with Crippen molar-refractivity contribution in [3.8, 4) is 11.1 Å². The number of aryl methyl sites for hydroxylation is 1. The molecular formula is C16H12ClN. The fourth-order valence-electron chi connectivity index (χ4n) is 2.23. The van der Waals surface area contributed by atoms with Crippen LogP contribution in [-0.2, 0) is 0 Å². The van der Waals surface area contributed by atoms with Gasteiger partial charge >= 0.3 is 0 Å². The number of nitrogens with zero attached hydrogens (tertiary/aromatic N) is 1. The van der Waals surface area contributed by atoms with Crippen LogP contribution in [0.4, 0.5) is 0 Å². The molecule has 3 rings (SSSR count). The summed E-state index contributed by atoms with van der Waals surface area (Å²) in [6, 6.07) is 16.2. The molecule has 0 unspecified atom stereocenters. The van der Waals surface area contributed by atoms with Gasteiger partial charge < -0.3 is 0 Å². The predicted octanol–water partition coefficient (Wildman–Crippen LogP) is 4.86. The van der Waals surface area contributed by atoms with Crippen LogP contribution in [0, 0.1) is 6.92 Å². The standard InChI is InChI=1S/C16H12ClN/c1-11-4-2-6-14(17)16(11)13-7-8-15-12(10-13)5-3-9-18-15/h2-10H,1H3. The number of pyridine rings is 1. The second-order valence-electron chi connectivity index (χ2n) is 4.34. The molecule has 0 aliphatic carbocycles. The van der Waals surface area contributed by atoms with E-state index in [1.165, 1.54) is 5.56 Å². The van der Waals surface area contributed by atoms with Gasteiger partial charge in [0.1, 0.15) is 0 Å². The minimum Gasteiger partial charge on any atom is -0.256 e. The molecule has 88 valence electrons. The van der Waals surface area contributed by atoms with Crippen LogP contribution < -0.4 is 0 Å².